The zero-order valence-corrected chi connectivity index (χ0v) is 16.6. The van der Waals surface area contributed by atoms with Crippen LogP contribution >= 0.6 is 0 Å². The topological polar surface area (TPSA) is 55.7 Å². The summed E-state index contributed by atoms with van der Waals surface area (Å²) in [5.74, 6) is 1.07. The van der Waals surface area contributed by atoms with Crippen LogP contribution in [0.15, 0.2) is 54.6 Å². The number of fused-ring (bicyclic) bond motifs is 3. The maximum absolute atomic E-state index is 9.88. The highest BCUT2D eigenvalue weighted by Gasteiger charge is 2.26. The summed E-state index contributed by atoms with van der Waals surface area (Å²) in [6.07, 6.45) is 1.95. The van der Waals surface area contributed by atoms with Gasteiger partial charge in [-0.25, -0.2) is 0 Å². The highest BCUT2D eigenvalue weighted by atomic mass is 15.1. The number of nitriles is 1. The van der Waals surface area contributed by atoms with E-state index in [4.69, 9.17) is 0 Å². The Bertz CT molecular complexity index is 1180. The van der Waals surface area contributed by atoms with Crippen LogP contribution in [0.3, 0.4) is 0 Å². The number of rotatable bonds is 5. The van der Waals surface area contributed by atoms with Crippen molar-refractivity contribution in [2.24, 2.45) is 0 Å². The lowest BCUT2D eigenvalue weighted by molar-refractivity contribution is -0.465. The highest BCUT2D eigenvalue weighted by Crippen LogP contribution is 2.29. The zero-order valence-electron chi connectivity index (χ0n) is 16.6. The smallest absolute Gasteiger partial charge is 0.250 e. The molecule has 0 saturated heterocycles. The van der Waals surface area contributed by atoms with Crippen molar-refractivity contribution < 1.29 is 4.40 Å². The molecule has 0 saturated carbocycles. The summed E-state index contributed by atoms with van der Waals surface area (Å²) < 4.78 is 2.19. The van der Waals surface area contributed by atoms with Crippen LogP contribution in [0.1, 0.15) is 48.6 Å². The maximum atomic E-state index is 9.88. The van der Waals surface area contributed by atoms with Gasteiger partial charge < -0.3 is 0 Å². The molecule has 0 aliphatic carbocycles. The molecule has 0 spiro atoms. The van der Waals surface area contributed by atoms with Crippen LogP contribution in [-0.4, -0.2) is 4.98 Å². The van der Waals surface area contributed by atoms with Crippen molar-refractivity contribution in [3.8, 4) is 6.07 Å². The summed E-state index contributed by atoms with van der Waals surface area (Å²) in [5, 5.41) is 13.6. The Morgan fingerprint density at radius 1 is 1.11 bits per heavy atom. The lowest BCUT2D eigenvalue weighted by atomic mass is 10.00. The van der Waals surface area contributed by atoms with Gasteiger partial charge in [-0.3, -0.25) is 10.3 Å². The van der Waals surface area contributed by atoms with Crippen molar-refractivity contribution in [1.82, 2.24) is 4.98 Å². The van der Waals surface area contributed by atoms with Crippen LogP contribution in [-0.2, 0) is 6.42 Å². The third-order valence-electron chi connectivity index (χ3n) is 5.46. The Labute approximate surface area is 165 Å². The van der Waals surface area contributed by atoms with Gasteiger partial charge in [0.15, 0.2) is 0 Å². The minimum atomic E-state index is 0.147. The Hall–Kier alpha value is -3.32. The fraction of sp³-hybridized carbons (Fsp3) is 0.250. The molecule has 2 aromatic heterocycles. The first-order chi connectivity index (χ1) is 13.7. The quantitative estimate of drug-likeness (QED) is 0.474. The first-order valence-corrected chi connectivity index (χ1v) is 9.85. The van der Waals surface area contributed by atoms with E-state index in [-0.39, 0.29) is 6.04 Å². The number of imidazole rings is 1. The standard InChI is InChI=1S/C24H24N4/c1-4-10-19-16(2)20(15-25)24-27-21-13-8-9-14-22(21)28(24)23(19)26-17(3)18-11-6-5-7-12-18/h5-9,11-14,17H,4,10H2,1-3H3,(H,26,27)/p+1/t17-/m0/s1. The molecular formula is C24H25N4+. The molecule has 0 bridgehead atoms. The molecular weight excluding hydrogens is 344 g/mol. The fourth-order valence-electron chi connectivity index (χ4n) is 4.00. The van der Waals surface area contributed by atoms with Gasteiger partial charge in [0.2, 0.25) is 11.5 Å². The molecule has 140 valence electrons. The van der Waals surface area contributed by atoms with Crippen molar-refractivity contribution in [2.45, 2.75) is 39.7 Å². The number of hydrogen-bond acceptors (Lipinski definition) is 2. The summed E-state index contributed by atoms with van der Waals surface area (Å²) in [6.45, 7) is 6.42. The van der Waals surface area contributed by atoms with E-state index in [1.807, 2.05) is 18.2 Å². The second-order valence-corrected chi connectivity index (χ2v) is 7.29. The van der Waals surface area contributed by atoms with Crippen molar-refractivity contribution in [1.29, 1.82) is 5.26 Å². The first kappa shape index (κ1) is 18.1. The molecule has 0 unspecified atom stereocenters. The predicted octanol–water partition coefficient (Wildman–Crippen LogP) is 5.21. The summed E-state index contributed by atoms with van der Waals surface area (Å²) in [5.41, 5.74) is 7.18. The third kappa shape index (κ3) is 2.90. The van der Waals surface area contributed by atoms with E-state index in [0.717, 1.165) is 46.5 Å². The number of nitrogens with one attached hydrogen (secondary N) is 2. The van der Waals surface area contributed by atoms with Gasteiger partial charge in [-0.05, 0) is 43.5 Å². The lowest BCUT2D eigenvalue weighted by Gasteiger charge is -2.17. The second-order valence-electron chi connectivity index (χ2n) is 7.29. The van der Waals surface area contributed by atoms with Crippen molar-refractivity contribution in [3.05, 3.63) is 76.9 Å². The summed E-state index contributed by atoms with van der Waals surface area (Å²) in [6, 6.07) is 21.3. The third-order valence-corrected chi connectivity index (χ3v) is 5.46. The van der Waals surface area contributed by atoms with E-state index in [1.165, 1.54) is 11.1 Å². The average Bonchev–Trinajstić information content (AvgIpc) is 3.10. The molecule has 1 atom stereocenters. The van der Waals surface area contributed by atoms with E-state index < -0.39 is 0 Å². The Morgan fingerprint density at radius 3 is 2.54 bits per heavy atom. The van der Waals surface area contributed by atoms with Crippen LogP contribution in [0.25, 0.3) is 16.7 Å². The molecule has 4 heteroatoms. The highest BCUT2D eigenvalue weighted by molar-refractivity contribution is 5.78. The van der Waals surface area contributed by atoms with Gasteiger partial charge in [0.1, 0.15) is 22.7 Å². The van der Waals surface area contributed by atoms with Crippen LogP contribution in [0, 0.1) is 18.3 Å². The molecule has 0 amide bonds. The molecule has 0 radical (unpaired) electrons. The van der Waals surface area contributed by atoms with Gasteiger partial charge in [0, 0.05) is 5.56 Å². The molecule has 2 aromatic carbocycles. The molecule has 0 fully saturated rings. The Morgan fingerprint density at radius 2 is 1.82 bits per heavy atom. The number of aromatic nitrogens is 2. The van der Waals surface area contributed by atoms with Gasteiger partial charge >= 0.3 is 0 Å². The molecule has 2 N–H and O–H groups in total. The van der Waals surface area contributed by atoms with E-state index >= 15 is 0 Å². The monoisotopic (exact) mass is 369 g/mol. The van der Waals surface area contributed by atoms with Gasteiger partial charge in [-0.1, -0.05) is 55.8 Å². The average molecular weight is 369 g/mol. The molecule has 4 nitrogen and oxygen atoms in total. The number of anilines is 1. The van der Waals surface area contributed by atoms with Crippen LogP contribution in [0.5, 0.6) is 0 Å². The number of aromatic amines is 1. The second kappa shape index (κ2) is 7.36. The zero-order chi connectivity index (χ0) is 19.7. The van der Waals surface area contributed by atoms with Crippen molar-refractivity contribution in [3.63, 3.8) is 0 Å². The van der Waals surface area contributed by atoms with E-state index in [1.54, 1.807) is 0 Å². The molecule has 4 aromatic rings. The fourth-order valence-corrected chi connectivity index (χ4v) is 4.00. The lowest BCUT2D eigenvalue weighted by Crippen LogP contribution is -2.30. The molecule has 0 aliphatic rings. The van der Waals surface area contributed by atoms with Gasteiger partial charge in [0.25, 0.3) is 0 Å². The molecule has 28 heavy (non-hydrogen) atoms. The van der Waals surface area contributed by atoms with E-state index in [0.29, 0.717) is 0 Å². The number of H-pyrrole nitrogens is 1. The SMILES string of the molecule is CCCc1c(C)c(C#N)c2[nH]c3ccccc3[n+]2c1N[C@@H](C)c1ccccc1. The number of para-hydroxylation sites is 2. The van der Waals surface area contributed by atoms with Crippen LogP contribution in [0.2, 0.25) is 0 Å². The number of nitrogens with zero attached hydrogens (tertiary/aromatic N) is 2. The number of hydrogen-bond donors (Lipinski definition) is 2. The molecule has 4 rings (SSSR count). The van der Waals surface area contributed by atoms with Crippen molar-refractivity contribution >= 4 is 22.5 Å². The summed E-state index contributed by atoms with van der Waals surface area (Å²) in [7, 11) is 0. The van der Waals surface area contributed by atoms with Crippen LogP contribution < -0.4 is 9.72 Å². The summed E-state index contributed by atoms with van der Waals surface area (Å²) >= 11 is 0. The van der Waals surface area contributed by atoms with Gasteiger partial charge in [-0.2, -0.15) is 9.66 Å². The van der Waals surface area contributed by atoms with Crippen LogP contribution in [0.4, 0.5) is 5.82 Å². The largest absolute Gasteiger partial charge is 0.298 e. The minimum absolute atomic E-state index is 0.147. The maximum Gasteiger partial charge on any atom is 0.250 e. The van der Waals surface area contributed by atoms with Crippen molar-refractivity contribution in [2.75, 3.05) is 5.32 Å². The summed E-state index contributed by atoms with van der Waals surface area (Å²) in [4.78, 5) is 3.46. The normalized spacial score (nSPS) is 12.2. The predicted molar refractivity (Wildman–Crippen MR) is 113 cm³/mol. The van der Waals surface area contributed by atoms with E-state index in [2.05, 4.69) is 77.9 Å². The minimum Gasteiger partial charge on any atom is -0.298 e. The first-order valence-electron chi connectivity index (χ1n) is 9.85. The van der Waals surface area contributed by atoms with Gasteiger partial charge in [-0.15, -0.1) is 0 Å². The number of pyridine rings is 1. The molecule has 0 aliphatic heterocycles. The number of benzene rings is 2. The Kier molecular flexibility index (Phi) is 4.75. The van der Waals surface area contributed by atoms with Gasteiger partial charge in [0.05, 0.1) is 6.04 Å². The molecule has 2 heterocycles. The Balaban J connectivity index is 2.02. The van der Waals surface area contributed by atoms with E-state index in [9.17, 15) is 5.26 Å².